The van der Waals surface area contributed by atoms with Gasteiger partial charge in [-0.1, -0.05) is 6.42 Å². The van der Waals surface area contributed by atoms with E-state index in [4.69, 9.17) is 9.47 Å². The Morgan fingerprint density at radius 1 is 1.09 bits per heavy atom. The second-order valence-electron chi connectivity index (χ2n) is 5.82. The number of ether oxygens (including phenoxy) is 2. The zero-order valence-electron chi connectivity index (χ0n) is 13.5. The number of likely N-dealkylation sites (tertiary alicyclic amines) is 1. The molecule has 120 valence electrons. The lowest BCUT2D eigenvalue weighted by Crippen LogP contribution is -2.31. The van der Waals surface area contributed by atoms with Crippen LogP contribution in [0.3, 0.4) is 0 Å². The molecule has 5 heteroatoms. The molecule has 2 aromatic rings. The van der Waals surface area contributed by atoms with Crippen molar-refractivity contribution in [2.45, 2.75) is 32.2 Å². The summed E-state index contributed by atoms with van der Waals surface area (Å²) >= 11 is 0. The standard InChI is InChI=1S/C17H25N3O2/c1-21-16-15-14(8-6-9-18-15)20(17(16)22-2)13-7-12-19-10-4-3-5-11-19/h6,8-9H,3-5,7,10-13H2,1-2H3. The van der Waals surface area contributed by atoms with E-state index in [1.54, 1.807) is 20.4 Å². The number of rotatable bonds is 6. The van der Waals surface area contributed by atoms with E-state index < -0.39 is 0 Å². The third kappa shape index (κ3) is 2.90. The summed E-state index contributed by atoms with van der Waals surface area (Å²) in [5, 5.41) is 0. The van der Waals surface area contributed by atoms with E-state index in [1.807, 2.05) is 6.07 Å². The van der Waals surface area contributed by atoms with Crippen LogP contribution in [0, 0.1) is 0 Å². The van der Waals surface area contributed by atoms with E-state index in [1.165, 1.54) is 32.4 Å². The van der Waals surface area contributed by atoms with Crippen molar-refractivity contribution in [3.63, 3.8) is 0 Å². The van der Waals surface area contributed by atoms with Crippen LogP contribution in [0.1, 0.15) is 25.7 Å². The van der Waals surface area contributed by atoms with Gasteiger partial charge in [-0.3, -0.25) is 4.98 Å². The summed E-state index contributed by atoms with van der Waals surface area (Å²) in [5.41, 5.74) is 1.95. The average molecular weight is 303 g/mol. The third-order valence-electron chi connectivity index (χ3n) is 4.43. The van der Waals surface area contributed by atoms with Crippen LogP contribution in [-0.2, 0) is 6.54 Å². The molecule has 0 bridgehead atoms. The molecule has 0 saturated carbocycles. The zero-order valence-corrected chi connectivity index (χ0v) is 13.5. The first-order valence-electron chi connectivity index (χ1n) is 8.12. The van der Waals surface area contributed by atoms with Gasteiger partial charge in [0.25, 0.3) is 0 Å². The van der Waals surface area contributed by atoms with Crippen LogP contribution < -0.4 is 9.47 Å². The van der Waals surface area contributed by atoms with Gasteiger partial charge in [0.2, 0.25) is 11.6 Å². The van der Waals surface area contributed by atoms with Crippen molar-refractivity contribution in [2.75, 3.05) is 33.9 Å². The summed E-state index contributed by atoms with van der Waals surface area (Å²) < 4.78 is 13.3. The Hall–Kier alpha value is -1.75. The number of hydrogen-bond acceptors (Lipinski definition) is 4. The second-order valence-corrected chi connectivity index (χ2v) is 5.82. The summed E-state index contributed by atoms with van der Waals surface area (Å²) in [5.74, 6) is 1.51. The van der Waals surface area contributed by atoms with Crippen LogP contribution in [0.5, 0.6) is 11.6 Å². The first kappa shape index (κ1) is 15.2. The molecule has 22 heavy (non-hydrogen) atoms. The molecule has 1 aliphatic rings. The normalized spacial score (nSPS) is 16.1. The van der Waals surface area contributed by atoms with Crippen LogP contribution in [0.25, 0.3) is 11.0 Å². The van der Waals surface area contributed by atoms with Crippen molar-refractivity contribution >= 4 is 11.0 Å². The Labute approximate surface area is 131 Å². The number of hydrogen-bond donors (Lipinski definition) is 0. The van der Waals surface area contributed by atoms with Crippen molar-refractivity contribution < 1.29 is 9.47 Å². The highest BCUT2D eigenvalue weighted by Gasteiger charge is 2.19. The monoisotopic (exact) mass is 303 g/mol. The van der Waals surface area contributed by atoms with Gasteiger partial charge in [-0.05, 0) is 51.0 Å². The van der Waals surface area contributed by atoms with Gasteiger partial charge in [0.15, 0.2) is 0 Å². The first-order valence-corrected chi connectivity index (χ1v) is 8.12. The topological polar surface area (TPSA) is 39.5 Å². The number of piperidine rings is 1. The number of nitrogens with zero attached hydrogens (tertiary/aromatic N) is 3. The van der Waals surface area contributed by atoms with E-state index >= 15 is 0 Å². The number of pyridine rings is 1. The molecule has 0 spiro atoms. The van der Waals surface area contributed by atoms with Crippen molar-refractivity contribution in [2.24, 2.45) is 0 Å². The van der Waals surface area contributed by atoms with E-state index in [0.717, 1.165) is 42.2 Å². The maximum Gasteiger partial charge on any atom is 0.239 e. The van der Waals surface area contributed by atoms with Crippen LogP contribution in [0.2, 0.25) is 0 Å². The Balaban J connectivity index is 1.77. The molecule has 5 nitrogen and oxygen atoms in total. The molecule has 0 unspecified atom stereocenters. The van der Waals surface area contributed by atoms with Crippen molar-refractivity contribution in [1.29, 1.82) is 0 Å². The predicted octanol–water partition coefficient (Wildman–Crippen LogP) is 2.93. The summed E-state index contributed by atoms with van der Waals surface area (Å²) in [6, 6.07) is 4.04. The first-order chi connectivity index (χ1) is 10.8. The van der Waals surface area contributed by atoms with Gasteiger partial charge in [-0.25, -0.2) is 0 Å². The van der Waals surface area contributed by atoms with Gasteiger partial charge in [0.1, 0.15) is 5.52 Å². The Morgan fingerprint density at radius 3 is 2.64 bits per heavy atom. The van der Waals surface area contributed by atoms with E-state index in [-0.39, 0.29) is 0 Å². The summed E-state index contributed by atoms with van der Waals surface area (Å²) in [6.45, 7) is 4.56. The quantitative estimate of drug-likeness (QED) is 0.822. The SMILES string of the molecule is COc1c(OC)n(CCCN2CCCCC2)c2cccnc12. The molecule has 0 radical (unpaired) electrons. The summed E-state index contributed by atoms with van der Waals surface area (Å²) in [7, 11) is 3.36. The van der Waals surface area contributed by atoms with Gasteiger partial charge >= 0.3 is 0 Å². The molecular weight excluding hydrogens is 278 g/mol. The van der Waals surface area contributed by atoms with Crippen molar-refractivity contribution in [1.82, 2.24) is 14.5 Å². The van der Waals surface area contributed by atoms with E-state index in [0.29, 0.717) is 0 Å². The fourth-order valence-corrected chi connectivity index (χ4v) is 3.37. The second kappa shape index (κ2) is 7.01. The highest BCUT2D eigenvalue weighted by atomic mass is 16.5. The molecule has 3 heterocycles. The summed E-state index contributed by atoms with van der Waals surface area (Å²) in [4.78, 5) is 7.01. The molecule has 0 N–H and O–H groups in total. The van der Waals surface area contributed by atoms with Crippen LogP contribution in [0.15, 0.2) is 18.3 Å². The zero-order chi connectivity index (χ0) is 15.4. The Morgan fingerprint density at radius 2 is 1.91 bits per heavy atom. The fourth-order valence-electron chi connectivity index (χ4n) is 3.37. The van der Waals surface area contributed by atoms with Crippen molar-refractivity contribution in [3.8, 4) is 11.6 Å². The average Bonchev–Trinajstić information content (AvgIpc) is 2.89. The molecule has 0 aliphatic carbocycles. The van der Waals surface area contributed by atoms with Crippen LogP contribution >= 0.6 is 0 Å². The largest absolute Gasteiger partial charge is 0.490 e. The Bertz CT molecular complexity index is 618. The number of fused-ring (bicyclic) bond motifs is 1. The van der Waals surface area contributed by atoms with E-state index in [2.05, 4.69) is 20.5 Å². The van der Waals surface area contributed by atoms with E-state index in [9.17, 15) is 0 Å². The van der Waals surface area contributed by atoms with Crippen molar-refractivity contribution in [3.05, 3.63) is 18.3 Å². The van der Waals surface area contributed by atoms with Gasteiger partial charge < -0.3 is 18.9 Å². The molecule has 0 aromatic carbocycles. The number of aromatic nitrogens is 2. The predicted molar refractivity (Wildman–Crippen MR) is 87.7 cm³/mol. The maximum atomic E-state index is 5.58. The molecule has 0 atom stereocenters. The van der Waals surface area contributed by atoms with Gasteiger partial charge in [-0.15, -0.1) is 0 Å². The lowest BCUT2D eigenvalue weighted by atomic mass is 10.1. The smallest absolute Gasteiger partial charge is 0.239 e. The Kier molecular flexibility index (Phi) is 4.83. The highest BCUT2D eigenvalue weighted by Crippen LogP contribution is 2.37. The molecular formula is C17H25N3O2. The highest BCUT2D eigenvalue weighted by molar-refractivity contribution is 5.86. The molecule has 1 aliphatic heterocycles. The lowest BCUT2D eigenvalue weighted by Gasteiger charge is -2.26. The van der Waals surface area contributed by atoms with Gasteiger partial charge in [0.05, 0.1) is 19.7 Å². The molecule has 0 amide bonds. The summed E-state index contributed by atoms with van der Waals surface area (Å²) in [6.07, 6.45) is 6.97. The number of methoxy groups -OCH3 is 2. The minimum Gasteiger partial charge on any atom is -0.490 e. The fraction of sp³-hybridized carbons (Fsp3) is 0.588. The van der Waals surface area contributed by atoms with Crippen LogP contribution in [0.4, 0.5) is 0 Å². The van der Waals surface area contributed by atoms with Gasteiger partial charge in [-0.2, -0.15) is 0 Å². The minimum absolute atomic E-state index is 0.732. The molecule has 2 aromatic heterocycles. The lowest BCUT2D eigenvalue weighted by molar-refractivity contribution is 0.221. The molecule has 1 saturated heterocycles. The molecule has 1 fully saturated rings. The number of aryl methyl sites for hydroxylation is 1. The van der Waals surface area contributed by atoms with Crippen LogP contribution in [-0.4, -0.2) is 48.3 Å². The third-order valence-corrected chi connectivity index (χ3v) is 4.43. The van der Waals surface area contributed by atoms with Gasteiger partial charge in [0, 0.05) is 12.7 Å². The maximum absolute atomic E-state index is 5.58. The minimum atomic E-state index is 0.732. The molecule has 3 rings (SSSR count).